The van der Waals surface area contributed by atoms with Gasteiger partial charge >= 0.3 is 0 Å². The number of nitrogens with one attached hydrogen (secondary N) is 2. The lowest BCUT2D eigenvalue weighted by Gasteiger charge is -2.27. The molecule has 2 aromatic rings. The molecule has 1 saturated heterocycles. The standard InChI is InChI=1S/C22H29FN4O.HI/c1-24-21(26-16-22(10-11-22)17-7-2-3-8-18(17)23)25-15-19(20-9-6-14-28-20)27-12-4-5-13-27;/h2-3,6-9,14,19H,4-5,10-13,15-16H2,1H3,(H2,24,25,26);1H. The fourth-order valence-corrected chi connectivity index (χ4v) is 4.19. The Morgan fingerprint density at radius 3 is 2.55 bits per heavy atom. The van der Waals surface area contributed by atoms with Crippen LogP contribution in [0.5, 0.6) is 0 Å². The van der Waals surface area contributed by atoms with E-state index in [2.05, 4.69) is 20.5 Å². The maximum Gasteiger partial charge on any atom is 0.191 e. The second-order valence-electron chi connectivity index (χ2n) is 7.84. The fourth-order valence-electron chi connectivity index (χ4n) is 4.19. The lowest BCUT2D eigenvalue weighted by Crippen LogP contribution is -2.44. The topological polar surface area (TPSA) is 52.8 Å². The summed E-state index contributed by atoms with van der Waals surface area (Å²) in [7, 11) is 1.77. The van der Waals surface area contributed by atoms with Crippen molar-refractivity contribution in [2.75, 3.05) is 33.2 Å². The first kappa shape index (κ1) is 22.1. The Kier molecular flexibility index (Phi) is 7.56. The van der Waals surface area contributed by atoms with Gasteiger partial charge in [0, 0.05) is 25.6 Å². The summed E-state index contributed by atoms with van der Waals surface area (Å²) >= 11 is 0. The molecule has 0 radical (unpaired) electrons. The van der Waals surface area contributed by atoms with Crippen LogP contribution in [0.25, 0.3) is 0 Å². The van der Waals surface area contributed by atoms with Crippen LogP contribution in [0, 0.1) is 5.82 Å². The monoisotopic (exact) mass is 512 g/mol. The van der Waals surface area contributed by atoms with Crippen LogP contribution in [0.2, 0.25) is 0 Å². The maximum absolute atomic E-state index is 14.2. The molecule has 1 atom stereocenters. The number of furan rings is 1. The van der Waals surface area contributed by atoms with Gasteiger partial charge in [0.25, 0.3) is 0 Å². The summed E-state index contributed by atoms with van der Waals surface area (Å²) in [5, 5.41) is 6.86. The van der Waals surface area contributed by atoms with Gasteiger partial charge in [-0.15, -0.1) is 24.0 Å². The predicted octanol–water partition coefficient (Wildman–Crippen LogP) is 4.07. The Labute approximate surface area is 189 Å². The average molecular weight is 512 g/mol. The summed E-state index contributed by atoms with van der Waals surface area (Å²) in [5.41, 5.74) is 0.696. The summed E-state index contributed by atoms with van der Waals surface area (Å²) in [5.74, 6) is 1.62. The summed E-state index contributed by atoms with van der Waals surface area (Å²) in [6.07, 6.45) is 6.20. The van der Waals surface area contributed by atoms with Crippen molar-refractivity contribution in [3.05, 3.63) is 59.8 Å². The van der Waals surface area contributed by atoms with Gasteiger partial charge in [-0.25, -0.2) is 4.39 Å². The Hall–Kier alpha value is -1.61. The first-order chi connectivity index (χ1) is 13.7. The Morgan fingerprint density at radius 2 is 1.93 bits per heavy atom. The molecule has 1 aromatic carbocycles. The number of rotatable bonds is 7. The molecule has 1 aliphatic carbocycles. The highest BCUT2D eigenvalue weighted by Crippen LogP contribution is 2.48. The zero-order valence-corrected chi connectivity index (χ0v) is 19.2. The molecule has 29 heavy (non-hydrogen) atoms. The molecule has 0 spiro atoms. The molecule has 2 aliphatic rings. The smallest absolute Gasteiger partial charge is 0.191 e. The van der Waals surface area contributed by atoms with Crippen LogP contribution >= 0.6 is 24.0 Å². The van der Waals surface area contributed by atoms with Crippen molar-refractivity contribution >= 4 is 29.9 Å². The molecule has 2 N–H and O–H groups in total. The summed E-state index contributed by atoms with van der Waals surface area (Å²) < 4.78 is 19.9. The molecule has 1 aromatic heterocycles. The van der Waals surface area contributed by atoms with Crippen LogP contribution in [0.1, 0.15) is 43.0 Å². The van der Waals surface area contributed by atoms with Gasteiger partial charge in [-0.3, -0.25) is 9.89 Å². The Morgan fingerprint density at radius 1 is 1.17 bits per heavy atom. The van der Waals surface area contributed by atoms with Crippen molar-refractivity contribution in [3.63, 3.8) is 0 Å². The molecule has 1 aliphatic heterocycles. The third-order valence-corrected chi connectivity index (χ3v) is 6.03. The van der Waals surface area contributed by atoms with Gasteiger partial charge in [0.15, 0.2) is 5.96 Å². The molecule has 2 heterocycles. The number of hydrogen-bond donors (Lipinski definition) is 2. The zero-order valence-electron chi connectivity index (χ0n) is 16.9. The molecular formula is C22H30FIN4O. The molecule has 5 nitrogen and oxygen atoms in total. The molecule has 2 fully saturated rings. The summed E-state index contributed by atoms with van der Waals surface area (Å²) in [4.78, 5) is 6.83. The third-order valence-electron chi connectivity index (χ3n) is 6.03. The van der Waals surface area contributed by atoms with E-state index >= 15 is 0 Å². The second kappa shape index (κ2) is 9.93. The van der Waals surface area contributed by atoms with Gasteiger partial charge in [0.1, 0.15) is 11.6 Å². The molecule has 4 rings (SSSR count). The Balaban J connectivity index is 0.00000240. The Bertz CT molecular complexity index is 801. The zero-order chi connectivity index (χ0) is 19.4. The summed E-state index contributed by atoms with van der Waals surface area (Å²) in [6, 6.07) is 11.3. The van der Waals surface area contributed by atoms with Gasteiger partial charge in [-0.1, -0.05) is 18.2 Å². The van der Waals surface area contributed by atoms with Crippen LogP contribution in [-0.2, 0) is 5.41 Å². The van der Waals surface area contributed by atoms with Crippen LogP contribution < -0.4 is 10.6 Å². The minimum atomic E-state index is -0.114. The minimum absolute atomic E-state index is 0. The van der Waals surface area contributed by atoms with Gasteiger partial charge in [0.05, 0.1) is 12.3 Å². The quantitative estimate of drug-likeness (QED) is 0.334. The van der Waals surface area contributed by atoms with Crippen molar-refractivity contribution in [3.8, 4) is 0 Å². The van der Waals surface area contributed by atoms with Gasteiger partial charge in [-0.2, -0.15) is 0 Å². The highest BCUT2D eigenvalue weighted by Gasteiger charge is 2.45. The lowest BCUT2D eigenvalue weighted by molar-refractivity contribution is 0.215. The molecule has 0 bridgehead atoms. The van der Waals surface area contributed by atoms with Crippen LogP contribution in [0.15, 0.2) is 52.1 Å². The number of guanidine groups is 1. The minimum Gasteiger partial charge on any atom is -0.468 e. The summed E-state index contributed by atoms with van der Waals surface area (Å²) in [6.45, 7) is 3.59. The number of halogens is 2. The molecule has 158 valence electrons. The molecule has 7 heteroatoms. The largest absolute Gasteiger partial charge is 0.468 e. The first-order valence-corrected chi connectivity index (χ1v) is 10.2. The number of hydrogen-bond acceptors (Lipinski definition) is 3. The number of nitrogens with zero attached hydrogens (tertiary/aromatic N) is 2. The van der Waals surface area contributed by atoms with E-state index in [-0.39, 0.29) is 41.3 Å². The van der Waals surface area contributed by atoms with E-state index < -0.39 is 0 Å². The number of likely N-dealkylation sites (tertiary alicyclic amines) is 1. The van der Waals surface area contributed by atoms with Crippen LogP contribution in [0.3, 0.4) is 0 Å². The van der Waals surface area contributed by atoms with Crippen molar-refractivity contribution in [1.82, 2.24) is 15.5 Å². The van der Waals surface area contributed by atoms with Crippen molar-refractivity contribution in [2.45, 2.75) is 37.1 Å². The van der Waals surface area contributed by atoms with Crippen molar-refractivity contribution < 1.29 is 8.81 Å². The lowest BCUT2D eigenvalue weighted by atomic mass is 9.95. The molecule has 1 unspecified atom stereocenters. The van der Waals surface area contributed by atoms with Gasteiger partial charge in [-0.05, 0) is 62.5 Å². The van der Waals surface area contributed by atoms with E-state index in [1.54, 1.807) is 25.4 Å². The number of benzene rings is 1. The van der Waals surface area contributed by atoms with E-state index in [0.29, 0.717) is 6.54 Å². The fraction of sp³-hybridized carbons (Fsp3) is 0.500. The van der Waals surface area contributed by atoms with E-state index in [4.69, 9.17) is 4.42 Å². The number of aliphatic imine (C=N–C) groups is 1. The molecular weight excluding hydrogens is 482 g/mol. The van der Waals surface area contributed by atoms with E-state index in [1.165, 1.54) is 12.8 Å². The van der Waals surface area contributed by atoms with Crippen LogP contribution in [-0.4, -0.2) is 44.1 Å². The second-order valence-corrected chi connectivity index (χ2v) is 7.84. The van der Waals surface area contributed by atoms with E-state index in [1.807, 2.05) is 24.3 Å². The van der Waals surface area contributed by atoms with E-state index in [9.17, 15) is 4.39 Å². The maximum atomic E-state index is 14.2. The average Bonchev–Trinajstić information content (AvgIpc) is 3.12. The van der Waals surface area contributed by atoms with Gasteiger partial charge in [0.2, 0.25) is 0 Å². The van der Waals surface area contributed by atoms with Gasteiger partial charge < -0.3 is 15.1 Å². The van der Waals surface area contributed by atoms with Crippen LogP contribution in [0.4, 0.5) is 4.39 Å². The molecule has 0 amide bonds. The van der Waals surface area contributed by atoms with Crippen molar-refractivity contribution in [2.24, 2.45) is 4.99 Å². The normalized spacial score (nSPS) is 19.4. The highest BCUT2D eigenvalue weighted by molar-refractivity contribution is 14.0. The molecule has 1 saturated carbocycles. The first-order valence-electron chi connectivity index (χ1n) is 10.2. The SMILES string of the molecule is CN=C(NCC(c1ccco1)N1CCCC1)NCC1(c2ccccc2F)CC1.I. The third kappa shape index (κ3) is 5.12. The van der Waals surface area contributed by atoms with Crippen molar-refractivity contribution in [1.29, 1.82) is 0 Å². The van der Waals surface area contributed by atoms with E-state index in [0.717, 1.165) is 49.8 Å². The predicted molar refractivity (Wildman–Crippen MR) is 124 cm³/mol. The highest BCUT2D eigenvalue weighted by atomic mass is 127.